The maximum Gasteiger partial charge on any atom is 0 e. The van der Waals surface area contributed by atoms with Crippen LogP contribution in [0.2, 0.25) is 0 Å². The first-order valence-electron chi connectivity index (χ1n) is 4.05. The molecule has 4 heteroatoms. The third-order valence-electron chi connectivity index (χ3n) is 1.34. The summed E-state index contributed by atoms with van der Waals surface area (Å²) in [6, 6.07) is 0. The van der Waals surface area contributed by atoms with E-state index in [-0.39, 0.29) is 46.5 Å². The van der Waals surface area contributed by atoms with Gasteiger partial charge in [-0.1, -0.05) is 39.5 Å². The largest absolute Gasteiger partial charge is 0.662 e. The summed E-state index contributed by atoms with van der Waals surface area (Å²) in [7, 11) is 0. The van der Waals surface area contributed by atoms with Crippen LogP contribution in [0.25, 0.3) is 5.32 Å². The number of unbranched alkanes of at least 4 members (excludes halogenated alkanes) is 2. The van der Waals surface area contributed by atoms with Crippen LogP contribution in [0.1, 0.15) is 39.5 Å². The molecule has 0 heterocycles. The molecule has 0 radical (unpaired) electrons. The number of nitrogens with zero attached hydrogens (tertiary/aromatic N) is 1. The van der Waals surface area contributed by atoms with E-state index in [1.165, 1.54) is 25.7 Å². The van der Waals surface area contributed by atoms with E-state index < -0.39 is 0 Å². The minimum Gasteiger partial charge on any atom is -0.662 e. The Bertz CT molecular complexity index is 50.3. The second kappa shape index (κ2) is 22.8. The summed E-state index contributed by atoms with van der Waals surface area (Å²) < 4.78 is 0. The van der Waals surface area contributed by atoms with E-state index in [9.17, 15) is 0 Å². The van der Waals surface area contributed by atoms with Crippen molar-refractivity contribution in [2.75, 3.05) is 13.1 Å². The molecule has 0 aliphatic heterocycles. The topological polar surface area (TPSA) is 14.1 Å². The molecular weight excluding hydrogens is 229 g/mol. The molecule has 12 heavy (non-hydrogen) atoms. The minimum absolute atomic E-state index is 0. The molecule has 0 aromatic carbocycles. The molecule has 0 aromatic rings. The second-order valence-corrected chi connectivity index (χ2v) is 2.38. The van der Waals surface area contributed by atoms with Crippen LogP contribution in [0.3, 0.4) is 0 Å². The molecule has 0 atom stereocenters. The van der Waals surface area contributed by atoms with Crippen molar-refractivity contribution in [2.24, 2.45) is 0 Å². The molecule has 0 aliphatic carbocycles. The first-order valence-corrected chi connectivity index (χ1v) is 4.05. The summed E-state index contributed by atoms with van der Waals surface area (Å²) >= 11 is 0. The first kappa shape index (κ1) is 23.2. The van der Waals surface area contributed by atoms with Gasteiger partial charge in [-0.2, -0.15) is 0 Å². The molecule has 0 amide bonds. The van der Waals surface area contributed by atoms with Gasteiger partial charge in [0.2, 0.25) is 0 Å². The third-order valence-corrected chi connectivity index (χ3v) is 1.34. The van der Waals surface area contributed by atoms with Crippen LogP contribution < -0.4 is 0 Å². The predicted molar refractivity (Wildman–Crippen MR) is 57.4 cm³/mol. The number of rotatable bonds is 6. The molecule has 0 unspecified atom stereocenters. The Morgan fingerprint density at radius 2 is 1.17 bits per heavy atom. The van der Waals surface area contributed by atoms with E-state index in [1.807, 2.05) is 0 Å². The van der Waals surface area contributed by atoms with Gasteiger partial charge in [-0.3, -0.25) is 0 Å². The van der Waals surface area contributed by atoms with Crippen LogP contribution in [-0.4, -0.2) is 13.1 Å². The van der Waals surface area contributed by atoms with Gasteiger partial charge in [0.1, 0.15) is 0 Å². The number of hydrogen-bond acceptors (Lipinski definition) is 0. The van der Waals surface area contributed by atoms with Gasteiger partial charge >= 0.3 is 0 Å². The van der Waals surface area contributed by atoms with Gasteiger partial charge in [0.15, 0.2) is 0 Å². The molecule has 0 aromatic heterocycles. The van der Waals surface area contributed by atoms with E-state index >= 15 is 0 Å². The minimum atomic E-state index is 0. The van der Waals surface area contributed by atoms with Gasteiger partial charge in [0.25, 0.3) is 0 Å². The molecule has 0 aliphatic rings. The zero-order chi connectivity index (χ0) is 6.95. The Labute approximate surface area is 104 Å². The fourth-order valence-corrected chi connectivity index (χ4v) is 0.652. The average Bonchev–Trinajstić information content (AvgIpc) is 1.89. The van der Waals surface area contributed by atoms with Crippen molar-refractivity contribution in [1.29, 1.82) is 0 Å². The van der Waals surface area contributed by atoms with Gasteiger partial charge in [-0.15, -0.1) is 37.9 Å². The van der Waals surface area contributed by atoms with Crippen molar-refractivity contribution >= 4 is 24.8 Å². The molecule has 0 bridgehead atoms. The predicted octanol–water partition coefficient (Wildman–Crippen LogP) is 3.80. The van der Waals surface area contributed by atoms with Gasteiger partial charge in [0, 0.05) is 21.7 Å². The fourth-order valence-electron chi connectivity index (χ4n) is 0.652. The van der Waals surface area contributed by atoms with Gasteiger partial charge in [-0.05, 0) is 0 Å². The van der Waals surface area contributed by atoms with Crippen LogP contribution in [0.15, 0.2) is 0 Å². The van der Waals surface area contributed by atoms with Crippen molar-refractivity contribution in [1.82, 2.24) is 0 Å². The van der Waals surface area contributed by atoms with E-state index in [0.29, 0.717) is 0 Å². The Morgan fingerprint density at radius 1 is 0.833 bits per heavy atom. The maximum atomic E-state index is 4.35. The third kappa shape index (κ3) is 22.5. The molecule has 0 rings (SSSR count). The summed E-state index contributed by atoms with van der Waals surface area (Å²) in [6.07, 6.45) is 5.08. The van der Waals surface area contributed by atoms with Crippen LogP contribution in [0.5, 0.6) is 0 Å². The summed E-state index contributed by atoms with van der Waals surface area (Å²) in [6.45, 7) is 6.57. The molecule has 0 saturated carbocycles. The van der Waals surface area contributed by atoms with Crippen molar-refractivity contribution in [3.8, 4) is 0 Å². The standard InChI is InChI=1S/C8H18N.2ClH.Ti/c1-3-5-7-9-8-6-4-2;;;/h3-8H2,1-2H3;2*1H;/q-1;;;. The normalized spacial score (nSPS) is 7.50. The van der Waals surface area contributed by atoms with Crippen molar-refractivity contribution in [2.45, 2.75) is 39.5 Å². The first-order chi connectivity index (χ1) is 4.41. The fraction of sp³-hybridized carbons (Fsp3) is 1.00. The summed E-state index contributed by atoms with van der Waals surface area (Å²) in [5.41, 5.74) is 0. The van der Waals surface area contributed by atoms with E-state index in [2.05, 4.69) is 19.2 Å². The summed E-state index contributed by atoms with van der Waals surface area (Å²) in [4.78, 5) is 0. The molecular formula is C8H20Cl2NTi-. The Kier molecular flexibility index (Phi) is 44.1. The average molecular weight is 249 g/mol. The zero-order valence-corrected chi connectivity index (χ0v) is 11.2. The Balaban J connectivity index is -0.000000107. The molecule has 0 fully saturated rings. The van der Waals surface area contributed by atoms with Crippen LogP contribution >= 0.6 is 24.8 Å². The van der Waals surface area contributed by atoms with E-state index in [4.69, 9.17) is 0 Å². The van der Waals surface area contributed by atoms with Crippen molar-refractivity contribution < 1.29 is 21.7 Å². The monoisotopic (exact) mass is 248 g/mol. The van der Waals surface area contributed by atoms with Gasteiger partial charge < -0.3 is 5.32 Å². The number of halogens is 2. The smallest absolute Gasteiger partial charge is 0 e. The molecule has 1 nitrogen and oxygen atoms in total. The zero-order valence-electron chi connectivity index (χ0n) is 8.01. The molecule has 76 valence electrons. The van der Waals surface area contributed by atoms with Crippen LogP contribution in [-0.2, 0) is 21.7 Å². The van der Waals surface area contributed by atoms with Gasteiger partial charge in [-0.25, -0.2) is 0 Å². The molecule has 0 spiro atoms. The summed E-state index contributed by atoms with van der Waals surface area (Å²) in [5.74, 6) is 0. The quantitative estimate of drug-likeness (QED) is 0.502. The van der Waals surface area contributed by atoms with E-state index in [0.717, 1.165) is 13.1 Å². The second-order valence-electron chi connectivity index (χ2n) is 2.38. The van der Waals surface area contributed by atoms with Gasteiger partial charge in [0.05, 0.1) is 0 Å². The van der Waals surface area contributed by atoms with Crippen molar-refractivity contribution in [3.63, 3.8) is 0 Å². The van der Waals surface area contributed by atoms with Crippen LogP contribution in [0, 0.1) is 0 Å². The SMILES string of the molecule is CCCC[N-]CCCC.Cl.Cl.[Ti]. The van der Waals surface area contributed by atoms with Crippen molar-refractivity contribution in [3.05, 3.63) is 5.32 Å². The Morgan fingerprint density at radius 3 is 1.42 bits per heavy atom. The summed E-state index contributed by atoms with van der Waals surface area (Å²) in [5, 5.41) is 4.35. The molecule has 0 saturated heterocycles. The number of hydrogen-bond donors (Lipinski definition) is 0. The van der Waals surface area contributed by atoms with Crippen LogP contribution in [0.4, 0.5) is 0 Å². The maximum absolute atomic E-state index is 4.35. The van der Waals surface area contributed by atoms with E-state index in [1.54, 1.807) is 0 Å². The Hall–Kier alpha value is 1.25. The molecule has 0 N–H and O–H groups in total.